The van der Waals surface area contributed by atoms with E-state index in [-0.39, 0.29) is 17.9 Å². The lowest BCUT2D eigenvalue weighted by molar-refractivity contribution is 0.0527. The molecule has 0 saturated carbocycles. The van der Waals surface area contributed by atoms with Crippen molar-refractivity contribution in [1.82, 2.24) is 0 Å². The summed E-state index contributed by atoms with van der Waals surface area (Å²) < 4.78 is 31.4. The van der Waals surface area contributed by atoms with Gasteiger partial charge in [-0.15, -0.1) is 0 Å². The van der Waals surface area contributed by atoms with Gasteiger partial charge < -0.3 is 10.5 Å². The van der Waals surface area contributed by atoms with Crippen molar-refractivity contribution in [2.45, 2.75) is 6.92 Å². The minimum absolute atomic E-state index is 0.0359. The Balaban J connectivity index is 2.54. The molecule has 0 aliphatic carbocycles. The molecule has 3 nitrogen and oxygen atoms in total. The van der Waals surface area contributed by atoms with Crippen LogP contribution in [0.5, 0.6) is 0 Å². The van der Waals surface area contributed by atoms with Crippen LogP contribution < -0.4 is 5.73 Å². The molecule has 20 heavy (non-hydrogen) atoms. The average molecular weight is 277 g/mol. The molecule has 0 aliphatic heterocycles. The van der Waals surface area contributed by atoms with Crippen molar-refractivity contribution < 1.29 is 18.3 Å². The number of halogens is 2. The standard InChI is InChI=1S/C15H13F2NO2/c1-2-20-15(19)13-8-11(17)7-12(14(13)18)9-3-5-10(16)6-4-9/h3-8H,2,18H2,1H3. The number of carbonyl (C=O) groups excluding carboxylic acids is 1. The van der Waals surface area contributed by atoms with E-state index in [9.17, 15) is 13.6 Å². The van der Waals surface area contributed by atoms with Gasteiger partial charge in [0.2, 0.25) is 0 Å². The number of carbonyl (C=O) groups is 1. The molecule has 0 heterocycles. The number of hydrogen-bond donors (Lipinski definition) is 1. The molecule has 2 aromatic carbocycles. The molecule has 0 unspecified atom stereocenters. The highest BCUT2D eigenvalue weighted by molar-refractivity contribution is 5.99. The molecule has 2 N–H and O–H groups in total. The summed E-state index contributed by atoms with van der Waals surface area (Å²) in [5.74, 6) is -1.70. The van der Waals surface area contributed by atoms with Gasteiger partial charge in [0.1, 0.15) is 11.6 Å². The number of nitrogens with two attached hydrogens (primary N) is 1. The lowest BCUT2D eigenvalue weighted by Gasteiger charge is -2.11. The monoisotopic (exact) mass is 277 g/mol. The topological polar surface area (TPSA) is 52.3 Å². The normalized spacial score (nSPS) is 10.3. The van der Waals surface area contributed by atoms with Crippen LogP contribution in [-0.4, -0.2) is 12.6 Å². The fourth-order valence-corrected chi connectivity index (χ4v) is 1.86. The highest BCUT2D eigenvalue weighted by atomic mass is 19.1. The van der Waals surface area contributed by atoms with E-state index in [1.807, 2.05) is 0 Å². The maximum absolute atomic E-state index is 13.6. The Kier molecular flexibility index (Phi) is 3.98. The molecule has 0 bridgehead atoms. The van der Waals surface area contributed by atoms with Gasteiger partial charge >= 0.3 is 5.97 Å². The summed E-state index contributed by atoms with van der Waals surface area (Å²) in [6, 6.07) is 7.64. The largest absolute Gasteiger partial charge is 0.462 e. The first-order chi connectivity index (χ1) is 9.52. The first kappa shape index (κ1) is 14.0. The fraction of sp³-hybridized carbons (Fsp3) is 0.133. The predicted molar refractivity (Wildman–Crippen MR) is 72.2 cm³/mol. The number of esters is 1. The summed E-state index contributed by atoms with van der Waals surface area (Å²) in [4.78, 5) is 11.7. The predicted octanol–water partition coefficient (Wildman–Crippen LogP) is 3.39. The molecule has 2 rings (SSSR count). The molecule has 104 valence electrons. The first-order valence-electron chi connectivity index (χ1n) is 6.05. The minimum Gasteiger partial charge on any atom is -0.462 e. The molecule has 0 fully saturated rings. The first-order valence-corrected chi connectivity index (χ1v) is 6.05. The van der Waals surface area contributed by atoms with E-state index < -0.39 is 17.6 Å². The second kappa shape index (κ2) is 5.69. The van der Waals surface area contributed by atoms with Crippen molar-refractivity contribution in [3.63, 3.8) is 0 Å². The van der Waals surface area contributed by atoms with E-state index >= 15 is 0 Å². The van der Waals surface area contributed by atoms with Gasteiger partial charge in [-0.3, -0.25) is 0 Å². The van der Waals surface area contributed by atoms with Crippen molar-refractivity contribution in [2.24, 2.45) is 0 Å². The maximum Gasteiger partial charge on any atom is 0.340 e. The molecule has 0 spiro atoms. The smallest absolute Gasteiger partial charge is 0.340 e. The highest BCUT2D eigenvalue weighted by Crippen LogP contribution is 2.30. The van der Waals surface area contributed by atoms with Crippen LogP contribution in [-0.2, 0) is 4.74 Å². The number of benzene rings is 2. The van der Waals surface area contributed by atoms with Crippen LogP contribution in [0.25, 0.3) is 11.1 Å². The third kappa shape index (κ3) is 2.77. The summed E-state index contributed by atoms with van der Waals surface area (Å²) in [5.41, 5.74) is 6.81. The minimum atomic E-state index is -0.687. The number of nitrogen functional groups attached to an aromatic ring is 1. The number of rotatable bonds is 3. The summed E-state index contributed by atoms with van der Waals surface area (Å²) in [5, 5.41) is 0. The Morgan fingerprint density at radius 1 is 1.15 bits per heavy atom. The van der Waals surface area contributed by atoms with E-state index in [0.717, 1.165) is 6.07 Å². The fourth-order valence-electron chi connectivity index (χ4n) is 1.86. The van der Waals surface area contributed by atoms with Crippen LogP contribution in [0.3, 0.4) is 0 Å². The zero-order valence-corrected chi connectivity index (χ0v) is 10.8. The summed E-state index contributed by atoms with van der Waals surface area (Å²) >= 11 is 0. The van der Waals surface area contributed by atoms with Crippen LogP contribution in [0.15, 0.2) is 36.4 Å². The molecule has 0 aliphatic rings. The molecule has 0 atom stereocenters. The van der Waals surface area contributed by atoms with Crippen LogP contribution in [0.4, 0.5) is 14.5 Å². The van der Waals surface area contributed by atoms with Gasteiger partial charge in [0.25, 0.3) is 0 Å². The third-order valence-electron chi connectivity index (χ3n) is 2.80. The molecule has 0 amide bonds. The van der Waals surface area contributed by atoms with Crippen LogP contribution in [0.2, 0.25) is 0 Å². The zero-order valence-electron chi connectivity index (χ0n) is 10.8. The lowest BCUT2D eigenvalue weighted by Crippen LogP contribution is -2.09. The second-order valence-electron chi connectivity index (χ2n) is 4.14. The van der Waals surface area contributed by atoms with Crippen molar-refractivity contribution in [3.8, 4) is 11.1 Å². The van der Waals surface area contributed by atoms with Crippen molar-refractivity contribution in [3.05, 3.63) is 53.6 Å². The van der Waals surface area contributed by atoms with Gasteiger partial charge in [-0.05, 0) is 36.8 Å². The van der Waals surface area contributed by atoms with Gasteiger partial charge in [-0.1, -0.05) is 12.1 Å². The van der Waals surface area contributed by atoms with E-state index in [4.69, 9.17) is 10.5 Å². The Morgan fingerprint density at radius 3 is 2.40 bits per heavy atom. The van der Waals surface area contributed by atoms with Gasteiger partial charge in [0.15, 0.2) is 0 Å². The van der Waals surface area contributed by atoms with E-state index in [0.29, 0.717) is 11.1 Å². The molecule has 5 heteroatoms. The lowest BCUT2D eigenvalue weighted by atomic mass is 10.00. The van der Waals surface area contributed by atoms with Crippen molar-refractivity contribution >= 4 is 11.7 Å². The Bertz CT molecular complexity index is 639. The molecule has 0 saturated heterocycles. The van der Waals surface area contributed by atoms with Crippen LogP contribution in [0, 0.1) is 11.6 Å². The number of hydrogen-bond acceptors (Lipinski definition) is 3. The Hall–Kier alpha value is -2.43. The quantitative estimate of drug-likeness (QED) is 0.691. The van der Waals surface area contributed by atoms with E-state index in [2.05, 4.69) is 0 Å². The van der Waals surface area contributed by atoms with Gasteiger partial charge in [0, 0.05) is 5.56 Å². The summed E-state index contributed by atoms with van der Waals surface area (Å²) in [7, 11) is 0. The molecule has 0 radical (unpaired) electrons. The SMILES string of the molecule is CCOC(=O)c1cc(F)cc(-c2ccc(F)cc2)c1N. The second-order valence-corrected chi connectivity index (χ2v) is 4.14. The van der Waals surface area contributed by atoms with Crippen LogP contribution >= 0.6 is 0 Å². The van der Waals surface area contributed by atoms with E-state index in [1.165, 1.54) is 30.3 Å². The van der Waals surface area contributed by atoms with Crippen molar-refractivity contribution in [2.75, 3.05) is 12.3 Å². The Labute approximate surface area is 115 Å². The maximum atomic E-state index is 13.6. The van der Waals surface area contributed by atoms with E-state index in [1.54, 1.807) is 6.92 Å². The van der Waals surface area contributed by atoms with Crippen LogP contribution in [0.1, 0.15) is 17.3 Å². The van der Waals surface area contributed by atoms with Gasteiger partial charge in [0.05, 0.1) is 17.9 Å². The summed E-state index contributed by atoms with van der Waals surface area (Å²) in [6.07, 6.45) is 0. The average Bonchev–Trinajstić information content (AvgIpc) is 2.42. The van der Waals surface area contributed by atoms with Crippen molar-refractivity contribution in [1.29, 1.82) is 0 Å². The van der Waals surface area contributed by atoms with Gasteiger partial charge in [-0.25, -0.2) is 13.6 Å². The zero-order chi connectivity index (χ0) is 14.7. The molecular weight excluding hydrogens is 264 g/mol. The molecule has 0 aromatic heterocycles. The molecule has 2 aromatic rings. The summed E-state index contributed by atoms with van der Waals surface area (Å²) in [6.45, 7) is 1.81. The third-order valence-corrected chi connectivity index (χ3v) is 2.80. The number of anilines is 1. The molecular formula is C15H13F2NO2. The number of ether oxygens (including phenoxy) is 1. The Morgan fingerprint density at radius 2 is 1.80 bits per heavy atom. The van der Waals surface area contributed by atoms with Gasteiger partial charge in [-0.2, -0.15) is 0 Å². The highest BCUT2D eigenvalue weighted by Gasteiger charge is 2.17.